The predicted octanol–water partition coefficient (Wildman–Crippen LogP) is 2.36. The molecule has 2 aliphatic heterocycles. The van der Waals surface area contributed by atoms with E-state index in [1.54, 1.807) is 0 Å². The molecule has 0 aromatic carbocycles. The Bertz CT molecular complexity index is 423. The summed E-state index contributed by atoms with van der Waals surface area (Å²) in [5.41, 5.74) is 0. The van der Waals surface area contributed by atoms with Crippen LogP contribution in [0.25, 0.3) is 0 Å². The van der Waals surface area contributed by atoms with Crippen LogP contribution in [0.4, 0.5) is 0 Å². The van der Waals surface area contributed by atoms with E-state index in [0.717, 1.165) is 71.4 Å². The van der Waals surface area contributed by atoms with Crippen molar-refractivity contribution in [2.24, 2.45) is 5.92 Å². The maximum absolute atomic E-state index is 12.7. The SMILES string of the molecule is CCCN1CCC(N2CCCC(C(=O)N(CC)CC)C2)CCC1=O. The van der Waals surface area contributed by atoms with E-state index >= 15 is 0 Å². The zero-order chi connectivity index (χ0) is 17.5. The highest BCUT2D eigenvalue weighted by molar-refractivity contribution is 5.79. The first-order valence-electron chi connectivity index (χ1n) is 9.91. The highest BCUT2D eigenvalue weighted by atomic mass is 16.2. The molecule has 0 aliphatic carbocycles. The average molecular weight is 338 g/mol. The lowest BCUT2D eigenvalue weighted by molar-refractivity contribution is -0.137. The number of hydrogen-bond donors (Lipinski definition) is 0. The zero-order valence-electron chi connectivity index (χ0n) is 15.8. The molecule has 5 heteroatoms. The van der Waals surface area contributed by atoms with E-state index in [-0.39, 0.29) is 5.92 Å². The number of carbonyl (C=O) groups is 2. The largest absolute Gasteiger partial charge is 0.343 e. The molecular formula is C19H35N3O2. The minimum Gasteiger partial charge on any atom is -0.343 e. The van der Waals surface area contributed by atoms with Crippen molar-refractivity contribution in [1.29, 1.82) is 0 Å². The van der Waals surface area contributed by atoms with Crippen LogP contribution < -0.4 is 0 Å². The molecule has 0 radical (unpaired) electrons. The Morgan fingerprint density at radius 1 is 1.12 bits per heavy atom. The van der Waals surface area contributed by atoms with Gasteiger partial charge in [0.15, 0.2) is 0 Å². The molecule has 2 atom stereocenters. The van der Waals surface area contributed by atoms with E-state index in [1.165, 1.54) is 0 Å². The van der Waals surface area contributed by atoms with Crippen molar-refractivity contribution in [2.75, 3.05) is 39.3 Å². The third-order valence-corrected chi connectivity index (χ3v) is 5.66. The lowest BCUT2D eigenvalue weighted by Gasteiger charge is -2.38. The Morgan fingerprint density at radius 2 is 1.88 bits per heavy atom. The Labute approximate surface area is 147 Å². The lowest BCUT2D eigenvalue weighted by Crippen LogP contribution is -2.48. The highest BCUT2D eigenvalue weighted by Gasteiger charge is 2.33. The Morgan fingerprint density at radius 3 is 2.54 bits per heavy atom. The average Bonchev–Trinajstić information content (AvgIpc) is 2.79. The normalized spacial score (nSPS) is 26.3. The van der Waals surface area contributed by atoms with Gasteiger partial charge in [0.25, 0.3) is 0 Å². The second-order valence-electron chi connectivity index (χ2n) is 7.21. The third-order valence-electron chi connectivity index (χ3n) is 5.66. The van der Waals surface area contributed by atoms with Crippen LogP contribution >= 0.6 is 0 Å². The van der Waals surface area contributed by atoms with Gasteiger partial charge in [-0.05, 0) is 52.5 Å². The molecule has 0 aromatic heterocycles. The van der Waals surface area contributed by atoms with Crippen LogP contribution in [0.2, 0.25) is 0 Å². The van der Waals surface area contributed by atoms with Crippen LogP contribution in [-0.2, 0) is 9.59 Å². The van der Waals surface area contributed by atoms with Crippen LogP contribution in [0.3, 0.4) is 0 Å². The maximum atomic E-state index is 12.7. The molecule has 0 aromatic rings. The predicted molar refractivity (Wildman–Crippen MR) is 96.7 cm³/mol. The second-order valence-corrected chi connectivity index (χ2v) is 7.21. The molecule has 2 aliphatic rings. The van der Waals surface area contributed by atoms with E-state index < -0.39 is 0 Å². The van der Waals surface area contributed by atoms with Gasteiger partial charge in [-0.2, -0.15) is 0 Å². The monoisotopic (exact) mass is 337 g/mol. The molecule has 0 N–H and O–H groups in total. The summed E-state index contributed by atoms with van der Waals surface area (Å²) in [6.07, 6.45) is 5.81. The van der Waals surface area contributed by atoms with E-state index in [1.807, 2.05) is 9.80 Å². The van der Waals surface area contributed by atoms with Crippen molar-refractivity contribution >= 4 is 11.8 Å². The Hall–Kier alpha value is -1.10. The second kappa shape index (κ2) is 9.40. The van der Waals surface area contributed by atoms with Gasteiger partial charge in [0.05, 0.1) is 5.92 Å². The molecule has 138 valence electrons. The van der Waals surface area contributed by atoms with Crippen LogP contribution in [0.5, 0.6) is 0 Å². The number of nitrogens with zero attached hydrogens (tertiary/aromatic N) is 3. The maximum Gasteiger partial charge on any atom is 0.226 e. The van der Waals surface area contributed by atoms with Crippen molar-refractivity contribution in [2.45, 2.75) is 65.3 Å². The van der Waals surface area contributed by atoms with Gasteiger partial charge in [-0.25, -0.2) is 0 Å². The molecular weight excluding hydrogens is 302 g/mol. The summed E-state index contributed by atoms with van der Waals surface area (Å²) < 4.78 is 0. The summed E-state index contributed by atoms with van der Waals surface area (Å²) in [5, 5.41) is 0. The minimum atomic E-state index is 0.143. The van der Waals surface area contributed by atoms with Crippen molar-refractivity contribution in [3.8, 4) is 0 Å². The standard InChI is InChI=1S/C19H35N3O2/c1-4-12-21-14-11-17(9-10-18(21)23)22-13-7-8-16(15-22)19(24)20(5-2)6-3/h16-17H,4-15H2,1-3H3. The van der Waals surface area contributed by atoms with Crippen molar-refractivity contribution in [3.05, 3.63) is 0 Å². The van der Waals surface area contributed by atoms with E-state index in [2.05, 4.69) is 25.7 Å². The molecule has 0 saturated carbocycles. The minimum absolute atomic E-state index is 0.143. The Balaban J connectivity index is 1.94. The molecule has 2 heterocycles. The summed E-state index contributed by atoms with van der Waals surface area (Å²) in [5.74, 6) is 0.776. The van der Waals surface area contributed by atoms with Gasteiger partial charge in [-0.1, -0.05) is 6.92 Å². The van der Waals surface area contributed by atoms with Gasteiger partial charge in [0, 0.05) is 45.2 Å². The van der Waals surface area contributed by atoms with Gasteiger partial charge >= 0.3 is 0 Å². The fraction of sp³-hybridized carbons (Fsp3) is 0.895. The number of rotatable bonds is 6. The molecule has 2 unspecified atom stereocenters. The first-order valence-corrected chi connectivity index (χ1v) is 9.91. The van der Waals surface area contributed by atoms with Gasteiger partial charge in [-0.3, -0.25) is 14.5 Å². The smallest absolute Gasteiger partial charge is 0.226 e. The third kappa shape index (κ3) is 4.71. The van der Waals surface area contributed by atoms with Crippen molar-refractivity contribution < 1.29 is 9.59 Å². The number of carbonyl (C=O) groups excluding carboxylic acids is 2. The fourth-order valence-corrected chi connectivity index (χ4v) is 4.23. The van der Waals surface area contributed by atoms with Crippen molar-refractivity contribution in [3.63, 3.8) is 0 Å². The molecule has 0 spiro atoms. The molecule has 2 amide bonds. The van der Waals surface area contributed by atoms with Gasteiger partial charge in [0.1, 0.15) is 0 Å². The highest BCUT2D eigenvalue weighted by Crippen LogP contribution is 2.25. The molecule has 2 saturated heterocycles. The van der Waals surface area contributed by atoms with Gasteiger partial charge in [0.2, 0.25) is 11.8 Å². The van der Waals surface area contributed by atoms with Gasteiger partial charge in [-0.15, -0.1) is 0 Å². The van der Waals surface area contributed by atoms with Gasteiger partial charge < -0.3 is 9.80 Å². The summed E-state index contributed by atoms with van der Waals surface area (Å²) in [6, 6.07) is 0.461. The first-order chi connectivity index (χ1) is 11.6. The van der Waals surface area contributed by atoms with Crippen LogP contribution in [0.15, 0.2) is 0 Å². The molecule has 2 rings (SSSR count). The number of piperidine rings is 1. The number of hydrogen-bond acceptors (Lipinski definition) is 3. The first kappa shape index (κ1) is 19.2. The summed E-state index contributed by atoms with van der Waals surface area (Å²) in [4.78, 5) is 31.4. The van der Waals surface area contributed by atoms with E-state index in [9.17, 15) is 9.59 Å². The zero-order valence-corrected chi connectivity index (χ0v) is 15.8. The Kier molecular flexibility index (Phi) is 7.53. The fourth-order valence-electron chi connectivity index (χ4n) is 4.23. The van der Waals surface area contributed by atoms with Crippen LogP contribution in [-0.4, -0.2) is 71.8 Å². The van der Waals surface area contributed by atoms with Crippen LogP contribution in [0.1, 0.15) is 59.3 Å². The summed E-state index contributed by atoms with van der Waals surface area (Å²) in [6.45, 7) is 11.6. The van der Waals surface area contributed by atoms with E-state index in [0.29, 0.717) is 24.3 Å². The van der Waals surface area contributed by atoms with Crippen molar-refractivity contribution in [1.82, 2.24) is 14.7 Å². The topological polar surface area (TPSA) is 43.9 Å². The molecule has 2 fully saturated rings. The van der Waals surface area contributed by atoms with E-state index in [4.69, 9.17) is 0 Å². The summed E-state index contributed by atoms with van der Waals surface area (Å²) in [7, 11) is 0. The van der Waals surface area contributed by atoms with Crippen LogP contribution in [0, 0.1) is 5.92 Å². The lowest BCUT2D eigenvalue weighted by atomic mass is 9.93. The number of amides is 2. The quantitative estimate of drug-likeness (QED) is 0.747. The molecule has 0 bridgehead atoms. The number of likely N-dealkylation sites (tertiary alicyclic amines) is 2. The summed E-state index contributed by atoms with van der Waals surface area (Å²) >= 11 is 0. The molecule has 24 heavy (non-hydrogen) atoms. The molecule has 5 nitrogen and oxygen atoms in total.